The van der Waals surface area contributed by atoms with Crippen molar-refractivity contribution in [1.29, 1.82) is 0 Å². The zero-order valence-corrected chi connectivity index (χ0v) is 15.6. The topological polar surface area (TPSA) is 66.5 Å². The number of hydrogen-bond acceptors (Lipinski definition) is 3. The molecule has 0 unspecified atom stereocenters. The van der Waals surface area contributed by atoms with Gasteiger partial charge in [-0.15, -0.1) is 0 Å². The van der Waals surface area contributed by atoms with Gasteiger partial charge in [-0.05, 0) is 36.8 Å². The standard InChI is InChI=1S/C17H17ClF2N2O3S/c1-3-15(17(23)21-11-8-9-13(19)12(18)10-11)22(26(2,24)25)16-7-5-4-6-14(16)20/h4-10,15H,3H2,1-2H3,(H,21,23)/t15-/m1/s1. The van der Waals surface area contributed by atoms with Crippen molar-refractivity contribution >= 4 is 38.9 Å². The van der Waals surface area contributed by atoms with Crippen molar-refractivity contribution in [3.63, 3.8) is 0 Å². The number of carbonyl (C=O) groups is 1. The molecular formula is C17H17ClF2N2O3S. The lowest BCUT2D eigenvalue weighted by molar-refractivity contribution is -0.117. The van der Waals surface area contributed by atoms with Crippen LogP contribution in [0, 0.1) is 11.6 Å². The Morgan fingerprint density at radius 1 is 1.19 bits per heavy atom. The fourth-order valence-electron chi connectivity index (χ4n) is 2.47. The highest BCUT2D eigenvalue weighted by Crippen LogP contribution is 2.26. The lowest BCUT2D eigenvalue weighted by Gasteiger charge is -2.30. The molecule has 0 saturated heterocycles. The van der Waals surface area contributed by atoms with E-state index in [1.54, 1.807) is 6.92 Å². The van der Waals surface area contributed by atoms with Crippen LogP contribution in [0.2, 0.25) is 5.02 Å². The normalized spacial score (nSPS) is 12.5. The molecule has 26 heavy (non-hydrogen) atoms. The number of sulfonamides is 1. The van der Waals surface area contributed by atoms with Gasteiger partial charge < -0.3 is 5.32 Å². The number of amides is 1. The summed E-state index contributed by atoms with van der Waals surface area (Å²) in [4.78, 5) is 12.6. The molecule has 0 radical (unpaired) electrons. The van der Waals surface area contributed by atoms with E-state index in [-0.39, 0.29) is 22.8 Å². The van der Waals surface area contributed by atoms with Gasteiger partial charge >= 0.3 is 0 Å². The monoisotopic (exact) mass is 402 g/mol. The Morgan fingerprint density at radius 2 is 1.85 bits per heavy atom. The molecule has 0 heterocycles. The van der Waals surface area contributed by atoms with Gasteiger partial charge in [0.25, 0.3) is 0 Å². The van der Waals surface area contributed by atoms with Gasteiger partial charge in [0.1, 0.15) is 17.7 Å². The molecule has 0 spiro atoms. The Kier molecular flexibility index (Phi) is 6.20. The Bertz CT molecular complexity index is 922. The van der Waals surface area contributed by atoms with E-state index in [0.29, 0.717) is 0 Å². The van der Waals surface area contributed by atoms with Gasteiger partial charge in [0.15, 0.2) is 0 Å². The van der Waals surface area contributed by atoms with Crippen LogP contribution in [0.15, 0.2) is 42.5 Å². The first kappa shape index (κ1) is 20.1. The average Bonchev–Trinajstić information content (AvgIpc) is 2.55. The molecule has 1 amide bonds. The molecule has 0 aliphatic heterocycles. The van der Waals surface area contributed by atoms with E-state index < -0.39 is 33.6 Å². The summed E-state index contributed by atoms with van der Waals surface area (Å²) in [5.41, 5.74) is -0.0315. The third kappa shape index (κ3) is 4.50. The van der Waals surface area contributed by atoms with E-state index in [1.807, 2.05) is 0 Å². The summed E-state index contributed by atoms with van der Waals surface area (Å²) >= 11 is 5.68. The van der Waals surface area contributed by atoms with Crippen molar-refractivity contribution in [2.45, 2.75) is 19.4 Å². The molecule has 9 heteroatoms. The zero-order valence-electron chi connectivity index (χ0n) is 14.0. The maximum absolute atomic E-state index is 14.2. The highest BCUT2D eigenvalue weighted by Gasteiger charge is 2.33. The Hall–Kier alpha value is -2.19. The first-order valence-electron chi connectivity index (χ1n) is 7.65. The average molecular weight is 403 g/mol. The van der Waals surface area contributed by atoms with Crippen molar-refractivity contribution in [2.24, 2.45) is 0 Å². The number of halogens is 3. The summed E-state index contributed by atoms with van der Waals surface area (Å²) in [5, 5.41) is 2.29. The Labute approximate surface area is 155 Å². The van der Waals surface area contributed by atoms with Crippen molar-refractivity contribution < 1.29 is 22.0 Å². The third-order valence-corrected chi connectivity index (χ3v) is 5.06. The molecule has 0 bridgehead atoms. The van der Waals surface area contributed by atoms with Gasteiger partial charge in [0.05, 0.1) is 17.0 Å². The van der Waals surface area contributed by atoms with E-state index >= 15 is 0 Å². The van der Waals surface area contributed by atoms with Crippen LogP contribution in [-0.4, -0.2) is 26.6 Å². The molecule has 0 saturated carbocycles. The number of nitrogens with one attached hydrogen (secondary N) is 1. The first-order valence-corrected chi connectivity index (χ1v) is 9.87. The van der Waals surface area contributed by atoms with Gasteiger partial charge in [-0.2, -0.15) is 0 Å². The minimum Gasteiger partial charge on any atom is -0.324 e. The van der Waals surface area contributed by atoms with E-state index in [1.165, 1.54) is 30.3 Å². The summed E-state index contributed by atoms with van der Waals surface area (Å²) < 4.78 is 52.6. The number of rotatable bonds is 6. The van der Waals surface area contributed by atoms with Crippen molar-refractivity contribution in [3.8, 4) is 0 Å². The van der Waals surface area contributed by atoms with Crippen LogP contribution in [0.4, 0.5) is 20.2 Å². The fourth-order valence-corrected chi connectivity index (χ4v) is 3.86. The zero-order chi connectivity index (χ0) is 19.5. The molecule has 2 aromatic rings. The lowest BCUT2D eigenvalue weighted by Crippen LogP contribution is -2.47. The molecule has 140 valence electrons. The molecule has 0 fully saturated rings. The maximum Gasteiger partial charge on any atom is 0.248 e. The van der Waals surface area contributed by atoms with E-state index in [4.69, 9.17) is 11.6 Å². The summed E-state index contributed by atoms with van der Waals surface area (Å²) in [5.74, 6) is -2.11. The minimum absolute atomic E-state index is 0.0855. The van der Waals surface area contributed by atoms with Crippen LogP contribution in [0.5, 0.6) is 0 Å². The molecule has 2 rings (SSSR count). The van der Waals surface area contributed by atoms with Crippen LogP contribution in [0.1, 0.15) is 13.3 Å². The summed E-state index contributed by atoms with van der Waals surface area (Å²) in [6.07, 6.45) is 0.978. The second-order valence-corrected chi connectivity index (χ2v) is 7.82. The molecule has 0 aromatic heterocycles. The van der Waals surface area contributed by atoms with Gasteiger partial charge in [-0.3, -0.25) is 9.10 Å². The minimum atomic E-state index is -3.96. The second kappa shape index (κ2) is 8.01. The number of benzene rings is 2. The first-order chi connectivity index (χ1) is 12.1. The van der Waals surface area contributed by atoms with Crippen LogP contribution in [0.3, 0.4) is 0 Å². The number of carbonyl (C=O) groups excluding carboxylic acids is 1. The lowest BCUT2D eigenvalue weighted by atomic mass is 10.1. The highest BCUT2D eigenvalue weighted by molar-refractivity contribution is 7.92. The smallest absolute Gasteiger partial charge is 0.248 e. The summed E-state index contributed by atoms with van der Waals surface area (Å²) in [7, 11) is -3.96. The third-order valence-electron chi connectivity index (χ3n) is 3.61. The maximum atomic E-state index is 14.2. The quantitative estimate of drug-likeness (QED) is 0.799. The second-order valence-electron chi connectivity index (χ2n) is 5.55. The number of anilines is 2. The molecule has 5 nitrogen and oxygen atoms in total. The summed E-state index contributed by atoms with van der Waals surface area (Å²) in [6, 6.07) is 7.64. The number of nitrogens with zero attached hydrogens (tertiary/aromatic N) is 1. The largest absolute Gasteiger partial charge is 0.324 e. The van der Waals surface area contributed by atoms with Gasteiger partial charge in [-0.1, -0.05) is 30.7 Å². The van der Waals surface area contributed by atoms with Crippen molar-refractivity contribution in [3.05, 3.63) is 59.1 Å². The highest BCUT2D eigenvalue weighted by atomic mass is 35.5. The number of para-hydroxylation sites is 1. The molecule has 2 aromatic carbocycles. The molecular weight excluding hydrogens is 386 g/mol. The van der Waals surface area contributed by atoms with Crippen LogP contribution in [0.25, 0.3) is 0 Å². The molecule has 1 N–H and O–H groups in total. The van der Waals surface area contributed by atoms with Crippen LogP contribution < -0.4 is 9.62 Å². The molecule has 1 atom stereocenters. The Balaban J connectivity index is 2.40. The van der Waals surface area contributed by atoms with Crippen LogP contribution in [-0.2, 0) is 14.8 Å². The van der Waals surface area contributed by atoms with Crippen molar-refractivity contribution in [2.75, 3.05) is 15.9 Å². The predicted octanol–water partition coefficient (Wildman–Crippen LogP) is 3.80. The SMILES string of the molecule is CC[C@H](C(=O)Nc1ccc(F)c(Cl)c1)N(c1ccccc1F)S(C)(=O)=O. The predicted molar refractivity (Wildman–Crippen MR) is 97.8 cm³/mol. The van der Waals surface area contributed by atoms with Gasteiger partial charge in [0.2, 0.25) is 15.9 Å². The number of hydrogen-bond donors (Lipinski definition) is 1. The van der Waals surface area contributed by atoms with E-state index in [0.717, 1.165) is 22.7 Å². The van der Waals surface area contributed by atoms with Crippen LogP contribution >= 0.6 is 11.6 Å². The molecule has 0 aliphatic carbocycles. The Morgan fingerprint density at radius 3 is 2.38 bits per heavy atom. The van der Waals surface area contributed by atoms with Crippen molar-refractivity contribution in [1.82, 2.24) is 0 Å². The van der Waals surface area contributed by atoms with Gasteiger partial charge in [0, 0.05) is 5.69 Å². The van der Waals surface area contributed by atoms with E-state index in [2.05, 4.69) is 5.32 Å². The van der Waals surface area contributed by atoms with Gasteiger partial charge in [-0.25, -0.2) is 17.2 Å². The fraction of sp³-hybridized carbons (Fsp3) is 0.235. The summed E-state index contributed by atoms with van der Waals surface area (Å²) in [6.45, 7) is 1.60. The van der Waals surface area contributed by atoms with E-state index in [9.17, 15) is 22.0 Å². The molecule has 0 aliphatic rings.